The van der Waals surface area contributed by atoms with Gasteiger partial charge >= 0.3 is 0 Å². The molecule has 0 aliphatic carbocycles. The second-order valence-electron chi connectivity index (χ2n) is 4.87. The van der Waals surface area contributed by atoms with Gasteiger partial charge in [-0.2, -0.15) is 0 Å². The van der Waals surface area contributed by atoms with E-state index in [1.54, 1.807) is 12.1 Å². The second-order valence-corrected chi connectivity index (χ2v) is 4.87. The highest BCUT2D eigenvalue weighted by molar-refractivity contribution is 5.89. The number of nitrogens with one attached hydrogen (secondary N) is 1. The van der Waals surface area contributed by atoms with E-state index >= 15 is 0 Å². The van der Waals surface area contributed by atoms with Crippen LogP contribution >= 0.6 is 0 Å². The van der Waals surface area contributed by atoms with Crippen molar-refractivity contribution >= 4 is 22.6 Å². The number of ether oxygens (including phenoxy) is 1. The van der Waals surface area contributed by atoms with Crippen LogP contribution in [0.5, 0.6) is 5.75 Å². The number of carbonyl (C=O) groups is 2. The quantitative estimate of drug-likeness (QED) is 0.772. The van der Waals surface area contributed by atoms with E-state index in [1.165, 1.54) is 6.92 Å². The van der Waals surface area contributed by atoms with E-state index < -0.39 is 24.0 Å². The third kappa shape index (κ3) is 3.73. The highest BCUT2D eigenvalue weighted by Gasteiger charge is 2.19. The number of benzene rings is 2. The van der Waals surface area contributed by atoms with Crippen molar-refractivity contribution < 1.29 is 24.5 Å². The Bertz CT molecular complexity index is 678. The van der Waals surface area contributed by atoms with E-state index in [-0.39, 0.29) is 6.61 Å². The lowest BCUT2D eigenvalue weighted by atomic mass is 10.1. The molecule has 6 nitrogen and oxygen atoms in total. The van der Waals surface area contributed by atoms with E-state index in [0.29, 0.717) is 5.75 Å². The van der Waals surface area contributed by atoms with Crippen LogP contribution in [0, 0.1) is 0 Å². The highest BCUT2D eigenvalue weighted by atomic mass is 16.5. The molecule has 0 saturated carbocycles. The molecule has 0 bridgehead atoms. The number of carbonyl (C=O) groups excluding carboxylic acids is 2. The maximum absolute atomic E-state index is 11.7. The van der Waals surface area contributed by atoms with Gasteiger partial charge in [-0.3, -0.25) is 4.79 Å². The number of amides is 1. The number of carboxylic acids is 1. The van der Waals surface area contributed by atoms with Crippen molar-refractivity contribution in [2.45, 2.75) is 19.1 Å². The van der Waals surface area contributed by atoms with Crippen LogP contribution in [0.3, 0.4) is 0 Å². The Labute approximate surface area is 127 Å². The number of rotatable bonds is 6. The van der Waals surface area contributed by atoms with Gasteiger partial charge in [0.2, 0.25) is 0 Å². The van der Waals surface area contributed by atoms with Crippen LogP contribution in [-0.4, -0.2) is 35.7 Å². The second kappa shape index (κ2) is 6.91. The van der Waals surface area contributed by atoms with Crippen molar-refractivity contribution in [3.8, 4) is 5.75 Å². The molecule has 2 aromatic carbocycles. The first-order valence-electron chi connectivity index (χ1n) is 6.78. The molecule has 2 rings (SSSR count). The maximum Gasteiger partial charge on any atom is 0.258 e. The van der Waals surface area contributed by atoms with Crippen molar-refractivity contribution in [3.63, 3.8) is 0 Å². The van der Waals surface area contributed by atoms with Crippen LogP contribution in [-0.2, 0) is 9.59 Å². The van der Waals surface area contributed by atoms with Crippen molar-refractivity contribution in [1.82, 2.24) is 5.32 Å². The molecule has 116 valence electrons. The van der Waals surface area contributed by atoms with Gasteiger partial charge in [0.15, 0.2) is 6.61 Å². The predicted molar refractivity (Wildman–Crippen MR) is 78.1 cm³/mol. The normalized spacial score (nSPS) is 13.4. The Balaban J connectivity index is 2.03. The third-order valence-electron chi connectivity index (χ3n) is 3.16. The molecule has 2 aromatic rings. The van der Waals surface area contributed by atoms with E-state index in [4.69, 9.17) is 4.74 Å². The van der Waals surface area contributed by atoms with E-state index in [1.807, 2.05) is 30.3 Å². The molecule has 0 aromatic heterocycles. The summed E-state index contributed by atoms with van der Waals surface area (Å²) in [5.74, 6) is -1.67. The Kier molecular flexibility index (Phi) is 4.95. The highest BCUT2D eigenvalue weighted by Crippen LogP contribution is 2.24. The molecule has 0 fully saturated rings. The fourth-order valence-corrected chi connectivity index (χ4v) is 2.06. The van der Waals surface area contributed by atoms with Gasteiger partial charge in [-0.05, 0) is 18.4 Å². The lowest BCUT2D eigenvalue weighted by Gasteiger charge is -2.22. The zero-order valence-corrected chi connectivity index (χ0v) is 12.0. The fraction of sp³-hybridized carbons (Fsp3) is 0.250. The van der Waals surface area contributed by atoms with Gasteiger partial charge in [0.1, 0.15) is 5.75 Å². The summed E-state index contributed by atoms with van der Waals surface area (Å²) in [6.45, 7) is 0.900. The minimum absolute atomic E-state index is 0.357. The number of aliphatic hydroxyl groups is 1. The lowest BCUT2D eigenvalue weighted by Crippen LogP contribution is -2.54. The zero-order chi connectivity index (χ0) is 16.1. The molecule has 0 radical (unpaired) electrons. The van der Waals surface area contributed by atoms with Gasteiger partial charge < -0.3 is 25.1 Å². The first-order chi connectivity index (χ1) is 10.5. The molecule has 2 N–H and O–H groups in total. The Morgan fingerprint density at radius 3 is 2.59 bits per heavy atom. The summed E-state index contributed by atoms with van der Waals surface area (Å²) in [6, 6.07) is 11.5. The summed E-state index contributed by atoms with van der Waals surface area (Å²) >= 11 is 0. The smallest absolute Gasteiger partial charge is 0.258 e. The van der Waals surface area contributed by atoms with E-state index in [0.717, 1.165) is 10.8 Å². The van der Waals surface area contributed by atoms with Gasteiger partial charge in [-0.1, -0.05) is 36.4 Å². The molecule has 0 spiro atoms. The average molecular weight is 302 g/mol. The monoisotopic (exact) mass is 302 g/mol. The molecule has 2 atom stereocenters. The zero-order valence-electron chi connectivity index (χ0n) is 12.0. The van der Waals surface area contributed by atoms with Gasteiger partial charge in [0.05, 0.1) is 18.1 Å². The van der Waals surface area contributed by atoms with E-state index in [2.05, 4.69) is 5.32 Å². The summed E-state index contributed by atoms with van der Waals surface area (Å²) in [5.41, 5.74) is 0. The van der Waals surface area contributed by atoms with E-state index in [9.17, 15) is 19.8 Å². The third-order valence-corrected chi connectivity index (χ3v) is 3.16. The number of hydrogen-bond acceptors (Lipinski definition) is 5. The topological polar surface area (TPSA) is 98.7 Å². The summed E-state index contributed by atoms with van der Waals surface area (Å²) in [7, 11) is 0. The molecule has 0 heterocycles. The summed E-state index contributed by atoms with van der Waals surface area (Å²) < 4.78 is 5.43. The van der Waals surface area contributed by atoms with Crippen LogP contribution in [0.15, 0.2) is 42.5 Å². The number of carboxylic acid groups (broad SMARTS) is 1. The first kappa shape index (κ1) is 15.8. The Morgan fingerprint density at radius 1 is 1.23 bits per heavy atom. The van der Waals surface area contributed by atoms with Gasteiger partial charge in [0.25, 0.3) is 5.91 Å². The lowest BCUT2D eigenvalue weighted by molar-refractivity contribution is -0.310. The standard InChI is InChI=1S/C16H17NO5/c1-10(18)15(16(20)21)17-14(19)9-22-13-8-4-6-11-5-2-3-7-12(11)13/h2-8,10,15,18H,9H2,1H3,(H,17,19)(H,20,21)/p-1/t10-,15-/m0/s1. The average Bonchev–Trinajstić information content (AvgIpc) is 2.49. The first-order valence-corrected chi connectivity index (χ1v) is 6.78. The molecule has 0 saturated heterocycles. The van der Waals surface area contributed by atoms with Crippen LogP contribution in [0.1, 0.15) is 6.92 Å². The summed E-state index contributed by atoms with van der Waals surface area (Å²) in [4.78, 5) is 22.5. The minimum atomic E-state index is -1.55. The molecule has 22 heavy (non-hydrogen) atoms. The maximum atomic E-state index is 11.7. The fourth-order valence-electron chi connectivity index (χ4n) is 2.06. The van der Waals surface area contributed by atoms with Crippen molar-refractivity contribution in [3.05, 3.63) is 42.5 Å². The number of aliphatic hydroxyl groups excluding tert-OH is 1. The number of hydrogen-bond donors (Lipinski definition) is 2. The minimum Gasteiger partial charge on any atom is -0.548 e. The number of aliphatic carboxylic acids is 1. The predicted octanol–water partition coefficient (Wildman–Crippen LogP) is -0.166. The Hall–Kier alpha value is -2.60. The van der Waals surface area contributed by atoms with Crippen molar-refractivity contribution in [2.75, 3.05) is 6.61 Å². The van der Waals surface area contributed by atoms with Crippen LogP contribution in [0.25, 0.3) is 10.8 Å². The number of fused-ring (bicyclic) bond motifs is 1. The van der Waals surface area contributed by atoms with Gasteiger partial charge in [0, 0.05) is 5.39 Å². The van der Waals surface area contributed by atoms with Crippen LogP contribution in [0.4, 0.5) is 0 Å². The summed E-state index contributed by atoms with van der Waals surface area (Å²) in [5, 5.41) is 24.1. The largest absolute Gasteiger partial charge is 0.548 e. The van der Waals surface area contributed by atoms with Gasteiger partial charge in [-0.15, -0.1) is 0 Å². The molecule has 6 heteroatoms. The molecule has 0 aliphatic rings. The van der Waals surface area contributed by atoms with Crippen molar-refractivity contribution in [2.24, 2.45) is 0 Å². The molecular weight excluding hydrogens is 286 g/mol. The van der Waals surface area contributed by atoms with Crippen LogP contribution < -0.4 is 15.2 Å². The molecular formula is C16H16NO5-. The van der Waals surface area contributed by atoms with Crippen LogP contribution in [0.2, 0.25) is 0 Å². The molecule has 0 aliphatic heterocycles. The Morgan fingerprint density at radius 2 is 1.91 bits per heavy atom. The molecule has 0 unspecified atom stereocenters. The summed E-state index contributed by atoms with van der Waals surface area (Å²) in [6.07, 6.45) is -1.26. The van der Waals surface area contributed by atoms with Gasteiger partial charge in [-0.25, -0.2) is 0 Å². The van der Waals surface area contributed by atoms with Crippen molar-refractivity contribution in [1.29, 1.82) is 0 Å². The SMILES string of the molecule is C[C@H](O)[C@H](NC(=O)COc1cccc2ccccc12)C(=O)[O-]. The molecule has 1 amide bonds.